The van der Waals surface area contributed by atoms with Crippen LogP contribution >= 0.6 is 22.7 Å². The van der Waals surface area contributed by atoms with E-state index in [9.17, 15) is 0 Å². The van der Waals surface area contributed by atoms with Gasteiger partial charge in [-0.05, 0) is 33.8 Å². The first-order valence-electron chi connectivity index (χ1n) is 4.72. The van der Waals surface area contributed by atoms with Crippen molar-refractivity contribution >= 4 is 22.7 Å². The molecule has 2 aromatic heterocycles. The van der Waals surface area contributed by atoms with E-state index in [4.69, 9.17) is 4.74 Å². The smallest absolute Gasteiger partial charge is 0.134 e. The number of ether oxygens (including phenoxy) is 1. The summed E-state index contributed by atoms with van der Waals surface area (Å²) in [5, 5.41) is 9.72. The fourth-order valence-corrected chi connectivity index (χ4v) is 2.83. The van der Waals surface area contributed by atoms with Crippen molar-refractivity contribution in [3.63, 3.8) is 0 Å². The molecule has 0 bridgehead atoms. The fourth-order valence-electron chi connectivity index (χ4n) is 1.35. The van der Waals surface area contributed by atoms with Crippen LogP contribution in [-0.4, -0.2) is 7.11 Å². The summed E-state index contributed by atoms with van der Waals surface area (Å²) in [6, 6.07) is 4.15. The Balaban J connectivity index is 1.83. The molecule has 0 spiro atoms. The Morgan fingerprint density at radius 1 is 1.27 bits per heavy atom. The molecule has 4 heteroatoms. The molecule has 0 atom stereocenters. The maximum absolute atomic E-state index is 5.25. The average Bonchev–Trinajstić information content (AvgIpc) is 2.88. The molecule has 0 saturated carbocycles. The summed E-state index contributed by atoms with van der Waals surface area (Å²) < 4.78 is 5.25. The number of hydrogen-bond donors (Lipinski definition) is 1. The third kappa shape index (κ3) is 2.81. The summed E-state index contributed by atoms with van der Waals surface area (Å²) in [6.07, 6.45) is 0. The highest BCUT2D eigenvalue weighted by Gasteiger charge is 2.03. The van der Waals surface area contributed by atoms with Crippen LogP contribution in [0, 0.1) is 0 Å². The van der Waals surface area contributed by atoms with Gasteiger partial charge in [0.15, 0.2) is 0 Å². The van der Waals surface area contributed by atoms with Gasteiger partial charge >= 0.3 is 0 Å². The van der Waals surface area contributed by atoms with Crippen LogP contribution in [0.3, 0.4) is 0 Å². The van der Waals surface area contributed by atoms with Crippen LogP contribution in [-0.2, 0) is 13.1 Å². The molecule has 15 heavy (non-hydrogen) atoms. The predicted molar refractivity (Wildman–Crippen MR) is 65.7 cm³/mol. The summed E-state index contributed by atoms with van der Waals surface area (Å²) in [5.74, 6) is 0.984. The summed E-state index contributed by atoms with van der Waals surface area (Å²) in [5.41, 5.74) is 1.34. The number of rotatable bonds is 5. The second-order valence-electron chi connectivity index (χ2n) is 3.15. The Labute approximate surface area is 97.5 Å². The van der Waals surface area contributed by atoms with E-state index in [1.165, 1.54) is 10.4 Å². The third-order valence-corrected chi connectivity index (χ3v) is 3.75. The lowest BCUT2D eigenvalue weighted by Crippen LogP contribution is -2.11. The minimum atomic E-state index is 0.872. The van der Waals surface area contributed by atoms with Gasteiger partial charge in [-0.15, -0.1) is 11.3 Å². The van der Waals surface area contributed by atoms with Crippen LogP contribution in [0.15, 0.2) is 28.3 Å². The topological polar surface area (TPSA) is 21.3 Å². The van der Waals surface area contributed by atoms with Crippen molar-refractivity contribution in [3.8, 4) is 5.75 Å². The largest absolute Gasteiger partial charge is 0.496 e. The molecule has 0 aliphatic heterocycles. The molecule has 80 valence electrons. The zero-order valence-corrected chi connectivity index (χ0v) is 10.2. The zero-order chi connectivity index (χ0) is 10.5. The lowest BCUT2D eigenvalue weighted by Gasteiger charge is -2.03. The monoisotopic (exact) mass is 239 g/mol. The summed E-state index contributed by atoms with van der Waals surface area (Å²) in [7, 11) is 1.71. The van der Waals surface area contributed by atoms with Crippen LogP contribution in [0.4, 0.5) is 0 Å². The number of nitrogens with one attached hydrogen (secondary N) is 1. The molecular formula is C11H13NOS2. The Bertz CT molecular complexity index is 394. The van der Waals surface area contributed by atoms with Crippen LogP contribution in [0.5, 0.6) is 5.75 Å². The van der Waals surface area contributed by atoms with Gasteiger partial charge in [0.05, 0.1) is 12.0 Å². The highest BCUT2D eigenvalue weighted by molar-refractivity contribution is 7.10. The fraction of sp³-hybridized carbons (Fsp3) is 0.273. The van der Waals surface area contributed by atoms with E-state index in [0.717, 1.165) is 18.8 Å². The van der Waals surface area contributed by atoms with Gasteiger partial charge in [0.25, 0.3) is 0 Å². The molecule has 1 N–H and O–H groups in total. The quantitative estimate of drug-likeness (QED) is 0.865. The summed E-state index contributed by atoms with van der Waals surface area (Å²) >= 11 is 3.46. The average molecular weight is 239 g/mol. The van der Waals surface area contributed by atoms with E-state index >= 15 is 0 Å². The number of methoxy groups -OCH3 is 1. The molecule has 2 aromatic rings. The van der Waals surface area contributed by atoms with Gasteiger partial charge in [-0.1, -0.05) is 0 Å². The van der Waals surface area contributed by atoms with Gasteiger partial charge in [0, 0.05) is 13.1 Å². The van der Waals surface area contributed by atoms with Gasteiger partial charge in [-0.25, -0.2) is 0 Å². The van der Waals surface area contributed by atoms with Gasteiger partial charge in [0.1, 0.15) is 5.75 Å². The Morgan fingerprint density at radius 3 is 2.93 bits per heavy atom. The van der Waals surface area contributed by atoms with Crippen LogP contribution in [0.2, 0.25) is 0 Å². The van der Waals surface area contributed by atoms with Gasteiger partial charge in [0.2, 0.25) is 0 Å². The first-order valence-corrected chi connectivity index (χ1v) is 6.54. The molecule has 0 amide bonds. The van der Waals surface area contributed by atoms with Gasteiger partial charge in [-0.3, -0.25) is 0 Å². The molecule has 2 heterocycles. The normalized spacial score (nSPS) is 10.5. The standard InChI is InChI=1S/C11H13NOS2/c1-13-10-3-5-15-11(10)7-12-6-9-2-4-14-8-9/h2-5,8,12H,6-7H2,1H3. The lowest BCUT2D eigenvalue weighted by molar-refractivity contribution is 0.410. The first-order chi connectivity index (χ1) is 7.40. The molecule has 0 radical (unpaired) electrons. The van der Waals surface area contributed by atoms with E-state index in [1.807, 2.05) is 6.07 Å². The van der Waals surface area contributed by atoms with Crippen molar-refractivity contribution in [2.75, 3.05) is 7.11 Å². The maximum Gasteiger partial charge on any atom is 0.134 e. The number of hydrogen-bond acceptors (Lipinski definition) is 4. The van der Waals surface area contributed by atoms with E-state index < -0.39 is 0 Å². The minimum Gasteiger partial charge on any atom is -0.496 e. The van der Waals surface area contributed by atoms with Crippen LogP contribution < -0.4 is 10.1 Å². The van der Waals surface area contributed by atoms with E-state index in [0.29, 0.717) is 0 Å². The van der Waals surface area contributed by atoms with E-state index in [-0.39, 0.29) is 0 Å². The predicted octanol–water partition coefficient (Wildman–Crippen LogP) is 3.11. The van der Waals surface area contributed by atoms with E-state index in [2.05, 4.69) is 27.5 Å². The highest BCUT2D eigenvalue weighted by Crippen LogP contribution is 2.23. The SMILES string of the molecule is COc1ccsc1CNCc1ccsc1. The van der Waals surface area contributed by atoms with Crippen molar-refractivity contribution < 1.29 is 4.74 Å². The zero-order valence-electron chi connectivity index (χ0n) is 8.53. The Hall–Kier alpha value is -0.840. The first kappa shape index (κ1) is 10.7. The molecule has 2 nitrogen and oxygen atoms in total. The lowest BCUT2D eigenvalue weighted by atomic mass is 10.3. The molecular weight excluding hydrogens is 226 g/mol. The molecule has 2 rings (SSSR count). The van der Waals surface area contributed by atoms with Gasteiger partial charge < -0.3 is 10.1 Å². The van der Waals surface area contributed by atoms with Crippen molar-refractivity contribution in [2.45, 2.75) is 13.1 Å². The Morgan fingerprint density at radius 2 is 2.20 bits per heavy atom. The van der Waals surface area contributed by atoms with Gasteiger partial charge in [-0.2, -0.15) is 11.3 Å². The maximum atomic E-state index is 5.25. The molecule has 0 unspecified atom stereocenters. The second kappa shape index (κ2) is 5.30. The molecule has 0 fully saturated rings. The van der Waals surface area contributed by atoms with Crippen molar-refractivity contribution in [1.82, 2.24) is 5.32 Å². The Kier molecular flexibility index (Phi) is 3.77. The van der Waals surface area contributed by atoms with Crippen LogP contribution in [0.25, 0.3) is 0 Å². The molecule has 0 saturated heterocycles. The van der Waals surface area contributed by atoms with Crippen molar-refractivity contribution in [1.29, 1.82) is 0 Å². The number of thiophene rings is 2. The molecule has 0 aliphatic carbocycles. The van der Waals surface area contributed by atoms with Crippen molar-refractivity contribution in [2.24, 2.45) is 0 Å². The van der Waals surface area contributed by atoms with E-state index in [1.54, 1.807) is 29.8 Å². The molecule has 0 aromatic carbocycles. The van der Waals surface area contributed by atoms with Crippen molar-refractivity contribution in [3.05, 3.63) is 38.7 Å². The third-order valence-electron chi connectivity index (χ3n) is 2.12. The highest BCUT2D eigenvalue weighted by atomic mass is 32.1. The summed E-state index contributed by atoms with van der Waals surface area (Å²) in [4.78, 5) is 1.26. The summed E-state index contributed by atoms with van der Waals surface area (Å²) in [6.45, 7) is 1.79. The molecule has 0 aliphatic rings. The second-order valence-corrected chi connectivity index (χ2v) is 4.93. The van der Waals surface area contributed by atoms with Crippen LogP contribution in [0.1, 0.15) is 10.4 Å². The minimum absolute atomic E-state index is 0.872.